The van der Waals surface area contributed by atoms with Gasteiger partial charge in [-0.05, 0) is 31.4 Å². The molecule has 1 heterocycles. The second-order valence-electron chi connectivity index (χ2n) is 5.97. The first-order valence-electron chi connectivity index (χ1n) is 7.99. The molecule has 1 saturated carbocycles. The Hall–Kier alpha value is -1.87. The molecule has 1 aliphatic carbocycles. The van der Waals surface area contributed by atoms with Gasteiger partial charge in [-0.3, -0.25) is 0 Å². The zero-order chi connectivity index (χ0) is 18.7. The summed E-state index contributed by atoms with van der Waals surface area (Å²) < 4.78 is 30.1. The number of aryl methyl sites for hydroxylation is 1. The van der Waals surface area contributed by atoms with Gasteiger partial charge in [0.15, 0.2) is 5.82 Å². The number of carbonyl (C=O) groups is 1. The van der Waals surface area contributed by atoms with Crippen molar-refractivity contribution in [1.82, 2.24) is 15.5 Å². The number of thioether (sulfide) groups is 1. The summed E-state index contributed by atoms with van der Waals surface area (Å²) in [5.74, 6) is 0.454. The van der Waals surface area contributed by atoms with Gasteiger partial charge >= 0.3 is 6.03 Å². The van der Waals surface area contributed by atoms with Crippen molar-refractivity contribution < 1.29 is 18.1 Å². The number of nitrogens with zero attached hydrogens (tertiary/aromatic N) is 2. The molecule has 0 saturated heterocycles. The summed E-state index contributed by atoms with van der Waals surface area (Å²) in [5, 5.41) is 9.79. The lowest BCUT2D eigenvalue weighted by molar-refractivity contribution is 0.171. The topological polar surface area (TPSA) is 80.0 Å². The highest BCUT2D eigenvalue weighted by molar-refractivity contribution is 7.99. The summed E-state index contributed by atoms with van der Waals surface area (Å²) in [4.78, 5) is 17.1. The number of amides is 2. The van der Waals surface area contributed by atoms with Crippen LogP contribution >= 0.6 is 23.4 Å². The first kappa shape index (κ1) is 18.9. The molecule has 26 heavy (non-hydrogen) atoms. The molecule has 3 rings (SSSR count). The van der Waals surface area contributed by atoms with E-state index in [1.165, 1.54) is 0 Å². The summed E-state index contributed by atoms with van der Waals surface area (Å²) in [6, 6.07) is 4.37. The molecule has 140 valence electrons. The number of rotatable bonds is 6. The van der Waals surface area contributed by atoms with E-state index in [1.807, 2.05) is 0 Å². The average molecular weight is 403 g/mol. The molecule has 0 aliphatic heterocycles. The molecule has 0 radical (unpaired) electrons. The van der Waals surface area contributed by atoms with Crippen LogP contribution in [0, 0.1) is 6.92 Å². The van der Waals surface area contributed by atoms with Gasteiger partial charge in [0.05, 0.1) is 16.5 Å². The van der Waals surface area contributed by atoms with Gasteiger partial charge in [-0.15, -0.1) is 11.8 Å². The highest BCUT2D eigenvalue weighted by Crippen LogP contribution is 2.40. The number of alkyl halides is 2. The monoisotopic (exact) mass is 402 g/mol. The van der Waals surface area contributed by atoms with Crippen molar-refractivity contribution in [3.05, 3.63) is 34.9 Å². The van der Waals surface area contributed by atoms with E-state index in [0.29, 0.717) is 40.2 Å². The van der Waals surface area contributed by atoms with Gasteiger partial charge in [-0.1, -0.05) is 22.8 Å². The third kappa shape index (κ3) is 4.09. The summed E-state index contributed by atoms with van der Waals surface area (Å²) >= 11 is 6.99. The Morgan fingerprint density at radius 2 is 2.23 bits per heavy atom. The molecule has 10 heteroatoms. The second kappa shape index (κ2) is 7.79. The number of benzene rings is 1. The quantitative estimate of drug-likeness (QED) is 0.691. The van der Waals surface area contributed by atoms with Gasteiger partial charge in [0.1, 0.15) is 5.54 Å². The third-order valence-electron chi connectivity index (χ3n) is 4.08. The standard InChI is InChI=1S/C16H17ClF2N4O2S/c1-9-20-14(23-25-9)16(6-3-7-16)22-15(24)21-11-5-2-4-10(17)13(11)26-8-12(18)19/h2,4-5,12H,3,6-8H2,1H3,(H2,21,22,24). The van der Waals surface area contributed by atoms with Crippen molar-refractivity contribution in [3.8, 4) is 0 Å². The second-order valence-corrected chi connectivity index (χ2v) is 7.41. The molecule has 0 bridgehead atoms. The minimum absolute atomic E-state index is 0.306. The number of hydrogen-bond acceptors (Lipinski definition) is 5. The van der Waals surface area contributed by atoms with Gasteiger partial charge in [0.2, 0.25) is 12.3 Å². The van der Waals surface area contributed by atoms with Gasteiger partial charge in [-0.2, -0.15) is 4.98 Å². The van der Waals surface area contributed by atoms with E-state index < -0.39 is 23.7 Å². The average Bonchev–Trinajstić information content (AvgIpc) is 2.97. The normalized spacial score (nSPS) is 15.6. The van der Waals surface area contributed by atoms with Crippen LogP contribution in [0.4, 0.5) is 19.3 Å². The fourth-order valence-corrected chi connectivity index (χ4v) is 3.81. The number of carbonyl (C=O) groups excluding carboxylic acids is 1. The molecule has 1 aromatic heterocycles. The lowest BCUT2D eigenvalue weighted by Crippen LogP contribution is -2.52. The van der Waals surface area contributed by atoms with Crippen molar-refractivity contribution in [2.24, 2.45) is 0 Å². The molecule has 6 nitrogen and oxygen atoms in total. The van der Waals surface area contributed by atoms with E-state index in [4.69, 9.17) is 16.1 Å². The zero-order valence-corrected chi connectivity index (χ0v) is 15.5. The van der Waals surface area contributed by atoms with Crippen molar-refractivity contribution in [2.45, 2.75) is 43.0 Å². The molecule has 2 N–H and O–H groups in total. The van der Waals surface area contributed by atoms with E-state index in [1.54, 1.807) is 25.1 Å². The summed E-state index contributed by atoms with van der Waals surface area (Å²) in [7, 11) is 0. The Kier molecular flexibility index (Phi) is 5.67. The van der Waals surface area contributed by atoms with Crippen LogP contribution in [-0.2, 0) is 5.54 Å². The molecular formula is C16H17ClF2N4O2S. The van der Waals surface area contributed by atoms with E-state index in [-0.39, 0.29) is 0 Å². The van der Waals surface area contributed by atoms with E-state index in [9.17, 15) is 13.6 Å². The number of aromatic nitrogens is 2. The minimum Gasteiger partial charge on any atom is -0.340 e. The predicted octanol–water partition coefficient (Wildman–Crippen LogP) is 4.59. The molecule has 0 atom stereocenters. The number of halogens is 3. The number of nitrogens with one attached hydrogen (secondary N) is 2. The number of anilines is 1. The van der Waals surface area contributed by atoms with Crippen LogP contribution in [0.1, 0.15) is 31.0 Å². The summed E-state index contributed by atoms with van der Waals surface area (Å²) in [6.07, 6.45) is -0.151. The third-order valence-corrected chi connectivity index (χ3v) is 5.66. The fraction of sp³-hybridized carbons (Fsp3) is 0.438. The lowest BCUT2D eigenvalue weighted by Gasteiger charge is -2.39. The van der Waals surface area contributed by atoms with Crippen molar-refractivity contribution >= 4 is 35.1 Å². The Labute approximate surface area is 158 Å². The SMILES string of the molecule is Cc1nc(C2(NC(=O)Nc3cccc(Cl)c3SCC(F)F)CCC2)no1. The highest BCUT2D eigenvalue weighted by Gasteiger charge is 2.44. The predicted molar refractivity (Wildman–Crippen MR) is 94.9 cm³/mol. The Balaban J connectivity index is 1.73. The van der Waals surface area contributed by atoms with Gasteiger partial charge in [0.25, 0.3) is 0 Å². The maximum atomic E-state index is 12.5. The summed E-state index contributed by atoms with van der Waals surface area (Å²) in [5.41, 5.74) is -0.295. The Bertz CT molecular complexity index is 798. The Morgan fingerprint density at radius 3 is 2.81 bits per heavy atom. The van der Waals surface area contributed by atoms with E-state index in [2.05, 4.69) is 20.8 Å². The molecule has 1 aromatic carbocycles. The van der Waals surface area contributed by atoms with Crippen LogP contribution in [-0.4, -0.2) is 28.4 Å². The van der Waals surface area contributed by atoms with Crippen LogP contribution < -0.4 is 10.6 Å². The molecule has 0 spiro atoms. The summed E-state index contributed by atoms with van der Waals surface area (Å²) in [6.45, 7) is 1.68. The Morgan fingerprint density at radius 1 is 1.46 bits per heavy atom. The lowest BCUT2D eigenvalue weighted by atomic mass is 9.76. The minimum atomic E-state index is -2.47. The van der Waals surface area contributed by atoms with Gasteiger partial charge in [0, 0.05) is 11.8 Å². The highest BCUT2D eigenvalue weighted by atomic mass is 35.5. The largest absolute Gasteiger partial charge is 0.340 e. The van der Waals surface area contributed by atoms with Crippen LogP contribution in [0.5, 0.6) is 0 Å². The van der Waals surface area contributed by atoms with Crippen molar-refractivity contribution in [2.75, 3.05) is 11.1 Å². The molecular weight excluding hydrogens is 386 g/mol. The van der Waals surface area contributed by atoms with E-state index >= 15 is 0 Å². The molecule has 0 unspecified atom stereocenters. The molecule has 2 aromatic rings. The molecule has 1 aliphatic rings. The van der Waals surface area contributed by atoms with Crippen molar-refractivity contribution in [1.29, 1.82) is 0 Å². The fourth-order valence-electron chi connectivity index (χ4n) is 2.70. The van der Waals surface area contributed by atoms with Gasteiger partial charge in [-0.25, -0.2) is 13.6 Å². The van der Waals surface area contributed by atoms with E-state index in [0.717, 1.165) is 18.2 Å². The van der Waals surface area contributed by atoms with Gasteiger partial charge < -0.3 is 15.2 Å². The van der Waals surface area contributed by atoms with Crippen LogP contribution in [0.2, 0.25) is 5.02 Å². The van der Waals surface area contributed by atoms with Crippen LogP contribution in [0.15, 0.2) is 27.6 Å². The first-order valence-corrected chi connectivity index (χ1v) is 9.35. The number of hydrogen-bond donors (Lipinski definition) is 2. The smallest absolute Gasteiger partial charge is 0.320 e. The molecule has 2 amide bonds. The van der Waals surface area contributed by atoms with Crippen LogP contribution in [0.3, 0.4) is 0 Å². The zero-order valence-electron chi connectivity index (χ0n) is 13.9. The maximum absolute atomic E-state index is 12.5. The first-order chi connectivity index (χ1) is 12.4. The maximum Gasteiger partial charge on any atom is 0.320 e. The van der Waals surface area contributed by atoms with Crippen molar-refractivity contribution in [3.63, 3.8) is 0 Å². The molecule has 1 fully saturated rings. The van der Waals surface area contributed by atoms with Crippen LogP contribution in [0.25, 0.3) is 0 Å². The number of urea groups is 1.